The molecule has 1 aliphatic rings. The number of aliphatic imine (C=N–C) groups is 1. The van der Waals surface area contributed by atoms with E-state index in [-0.39, 0.29) is 0 Å². The maximum absolute atomic E-state index is 4.33. The molecule has 2 rings (SSSR count). The van der Waals surface area contributed by atoms with E-state index in [1.54, 1.807) is 0 Å². The molecule has 1 heterocycles. The van der Waals surface area contributed by atoms with Crippen LogP contribution in [-0.4, -0.2) is 6.21 Å². The summed E-state index contributed by atoms with van der Waals surface area (Å²) in [5.41, 5.74) is 2.43. The summed E-state index contributed by atoms with van der Waals surface area (Å²) in [6, 6.07) is 6.17. The van der Waals surface area contributed by atoms with Gasteiger partial charge in [-0.1, -0.05) is 13.0 Å². The van der Waals surface area contributed by atoms with Crippen molar-refractivity contribution >= 4 is 24.5 Å². The van der Waals surface area contributed by atoms with E-state index in [9.17, 15) is 0 Å². The number of rotatable bonds is 0. The van der Waals surface area contributed by atoms with Crippen LogP contribution in [0.15, 0.2) is 28.1 Å². The molecule has 1 atom stereocenters. The van der Waals surface area contributed by atoms with Gasteiger partial charge < -0.3 is 0 Å². The predicted octanol–water partition coefficient (Wildman–Crippen LogP) is 3.18. The van der Waals surface area contributed by atoms with Gasteiger partial charge in [0.05, 0.1) is 5.69 Å². The SMILES string of the molecule is CC1CC=Nc2cc(S)ccc21. The fourth-order valence-corrected chi connectivity index (χ4v) is 1.69. The second-order valence-electron chi connectivity index (χ2n) is 3.19. The van der Waals surface area contributed by atoms with Gasteiger partial charge in [-0.05, 0) is 30.0 Å². The largest absolute Gasteiger partial charge is 0.261 e. The molecule has 0 aromatic heterocycles. The summed E-state index contributed by atoms with van der Waals surface area (Å²) >= 11 is 4.27. The Kier molecular flexibility index (Phi) is 1.93. The molecule has 0 amide bonds. The molecule has 12 heavy (non-hydrogen) atoms. The highest BCUT2D eigenvalue weighted by Crippen LogP contribution is 2.33. The van der Waals surface area contributed by atoms with Crippen molar-refractivity contribution in [1.29, 1.82) is 0 Å². The van der Waals surface area contributed by atoms with Crippen LogP contribution in [0.3, 0.4) is 0 Å². The summed E-state index contributed by atoms with van der Waals surface area (Å²) in [6.45, 7) is 2.22. The van der Waals surface area contributed by atoms with Gasteiger partial charge in [0.25, 0.3) is 0 Å². The molecule has 0 saturated heterocycles. The number of hydrogen-bond acceptors (Lipinski definition) is 2. The first-order chi connectivity index (χ1) is 5.77. The van der Waals surface area contributed by atoms with Crippen LogP contribution in [0.5, 0.6) is 0 Å². The Hall–Kier alpha value is -0.760. The maximum atomic E-state index is 4.33. The molecule has 1 aliphatic heterocycles. The smallest absolute Gasteiger partial charge is 0.0671 e. The Labute approximate surface area is 77.9 Å². The summed E-state index contributed by atoms with van der Waals surface area (Å²) in [7, 11) is 0. The van der Waals surface area contributed by atoms with Gasteiger partial charge in [0.2, 0.25) is 0 Å². The molecule has 2 heteroatoms. The molecule has 0 radical (unpaired) electrons. The fraction of sp³-hybridized carbons (Fsp3) is 0.300. The van der Waals surface area contributed by atoms with Crippen LogP contribution in [0.4, 0.5) is 5.69 Å². The van der Waals surface area contributed by atoms with E-state index in [2.05, 4.69) is 30.6 Å². The van der Waals surface area contributed by atoms with Gasteiger partial charge in [-0.15, -0.1) is 12.6 Å². The molecule has 1 nitrogen and oxygen atoms in total. The topological polar surface area (TPSA) is 12.4 Å². The van der Waals surface area contributed by atoms with Crippen LogP contribution in [0.1, 0.15) is 24.8 Å². The second kappa shape index (κ2) is 2.94. The molecule has 0 N–H and O–H groups in total. The summed E-state index contributed by atoms with van der Waals surface area (Å²) in [6.07, 6.45) is 3.04. The van der Waals surface area contributed by atoms with Crippen molar-refractivity contribution < 1.29 is 0 Å². The molecule has 0 bridgehead atoms. The van der Waals surface area contributed by atoms with E-state index >= 15 is 0 Å². The quantitative estimate of drug-likeness (QED) is 0.584. The molecular weight excluding hydrogens is 166 g/mol. The van der Waals surface area contributed by atoms with Crippen molar-refractivity contribution in [2.75, 3.05) is 0 Å². The van der Waals surface area contributed by atoms with Crippen LogP contribution >= 0.6 is 12.6 Å². The van der Waals surface area contributed by atoms with Crippen molar-refractivity contribution in [1.82, 2.24) is 0 Å². The lowest BCUT2D eigenvalue weighted by Gasteiger charge is -2.16. The molecule has 0 spiro atoms. The van der Waals surface area contributed by atoms with E-state index in [1.807, 2.05) is 18.3 Å². The molecular formula is C10H11NS. The summed E-state index contributed by atoms with van der Waals surface area (Å²) < 4.78 is 0. The van der Waals surface area contributed by atoms with Crippen LogP contribution in [0.2, 0.25) is 0 Å². The van der Waals surface area contributed by atoms with Gasteiger partial charge in [0.15, 0.2) is 0 Å². The molecule has 1 aromatic rings. The van der Waals surface area contributed by atoms with E-state index < -0.39 is 0 Å². The van der Waals surface area contributed by atoms with Crippen LogP contribution in [0.25, 0.3) is 0 Å². The fourth-order valence-electron chi connectivity index (χ4n) is 1.50. The number of nitrogens with zero attached hydrogens (tertiary/aromatic N) is 1. The normalized spacial score (nSPS) is 20.7. The van der Waals surface area contributed by atoms with Gasteiger partial charge in [-0.3, -0.25) is 4.99 Å². The Morgan fingerprint density at radius 2 is 2.33 bits per heavy atom. The third kappa shape index (κ3) is 1.27. The maximum Gasteiger partial charge on any atom is 0.0671 e. The van der Waals surface area contributed by atoms with Gasteiger partial charge in [-0.2, -0.15) is 0 Å². The highest BCUT2D eigenvalue weighted by molar-refractivity contribution is 7.80. The van der Waals surface area contributed by atoms with Gasteiger partial charge in [-0.25, -0.2) is 0 Å². The monoisotopic (exact) mass is 177 g/mol. The lowest BCUT2D eigenvalue weighted by molar-refractivity contribution is 0.800. The molecule has 0 saturated carbocycles. The standard InChI is InChI=1S/C10H11NS/c1-7-4-5-11-10-6-8(12)2-3-9(7)10/h2-3,5-7,12H,4H2,1H3. The molecule has 1 aromatic carbocycles. The zero-order valence-electron chi connectivity index (χ0n) is 6.99. The minimum Gasteiger partial charge on any atom is -0.261 e. The second-order valence-corrected chi connectivity index (χ2v) is 3.71. The molecule has 62 valence electrons. The number of fused-ring (bicyclic) bond motifs is 1. The van der Waals surface area contributed by atoms with E-state index in [0.29, 0.717) is 5.92 Å². The zero-order chi connectivity index (χ0) is 8.55. The number of hydrogen-bond donors (Lipinski definition) is 1. The molecule has 0 aliphatic carbocycles. The third-order valence-electron chi connectivity index (χ3n) is 2.23. The van der Waals surface area contributed by atoms with E-state index in [0.717, 1.165) is 17.0 Å². The van der Waals surface area contributed by atoms with Crippen molar-refractivity contribution in [3.8, 4) is 0 Å². The van der Waals surface area contributed by atoms with E-state index in [4.69, 9.17) is 0 Å². The van der Waals surface area contributed by atoms with Crippen molar-refractivity contribution in [2.45, 2.75) is 24.2 Å². The average molecular weight is 177 g/mol. The first-order valence-electron chi connectivity index (χ1n) is 4.13. The lowest BCUT2D eigenvalue weighted by Crippen LogP contribution is -1.99. The highest BCUT2D eigenvalue weighted by atomic mass is 32.1. The summed E-state index contributed by atoms with van der Waals surface area (Å²) in [5.74, 6) is 0.603. The van der Waals surface area contributed by atoms with E-state index in [1.165, 1.54) is 5.56 Å². The Balaban J connectivity index is 2.55. The first-order valence-corrected chi connectivity index (χ1v) is 4.57. The average Bonchev–Trinajstić information content (AvgIpc) is 2.04. The van der Waals surface area contributed by atoms with Gasteiger partial charge >= 0.3 is 0 Å². The van der Waals surface area contributed by atoms with Crippen LogP contribution < -0.4 is 0 Å². The van der Waals surface area contributed by atoms with Crippen molar-refractivity contribution in [3.63, 3.8) is 0 Å². The summed E-state index contributed by atoms with van der Waals surface area (Å²) in [4.78, 5) is 5.32. The molecule has 0 fully saturated rings. The zero-order valence-corrected chi connectivity index (χ0v) is 7.88. The van der Waals surface area contributed by atoms with Gasteiger partial charge in [0, 0.05) is 11.1 Å². The Morgan fingerprint density at radius 1 is 1.50 bits per heavy atom. The summed E-state index contributed by atoms with van der Waals surface area (Å²) in [5, 5.41) is 0. The first kappa shape index (κ1) is 7.87. The molecule has 1 unspecified atom stereocenters. The van der Waals surface area contributed by atoms with Crippen LogP contribution in [-0.2, 0) is 0 Å². The Bertz CT molecular complexity index is 331. The Morgan fingerprint density at radius 3 is 3.17 bits per heavy atom. The van der Waals surface area contributed by atoms with Crippen LogP contribution in [0, 0.1) is 0 Å². The van der Waals surface area contributed by atoms with Gasteiger partial charge in [0.1, 0.15) is 0 Å². The predicted molar refractivity (Wildman–Crippen MR) is 54.9 cm³/mol. The lowest BCUT2D eigenvalue weighted by atomic mass is 9.95. The third-order valence-corrected chi connectivity index (χ3v) is 2.51. The number of benzene rings is 1. The van der Waals surface area contributed by atoms with Crippen molar-refractivity contribution in [3.05, 3.63) is 23.8 Å². The number of thiol groups is 1. The van der Waals surface area contributed by atoms with Crippen molar-refractivity contribution in [2.24, 2.45) is 4.99 Å². The minimum atomic E-state index is 0.603. The highest BCUT2D eigenvalue weighted by Gasteiger charge is 2.12. The minimum absolute atomic E-state index is 0.603.